The Morgan fingerprint density at radius 2 is 2.05 bits per heavy atom. The van der Waals surface area contributed by atoms with Crippen LogP contribution in [0.2, 0.25) is 0 Å². The quantitative estimate of drug-likeness (QED) is 0.766. The summed E-state index contributed by atoms with van der Waals surface area (Å²) < 4.78 is 0. The highest BCUT2D eigenvalue weighted by Gasteiger charge is 2.51. The van der Waals surface area contributed by atoms with E-state index in [4.69, 9.17) is 0 Å². The summed E-state index contributed by atoms with van der Waals surface area (Å²) in [6.45, 7) is 4.27. The fourth-order valence-electron chi connectivity index (χ4n) is 4.20. The zero-order valence-electron chi connectivity index (χ0n) is 11.3. The number of aliphatic carboxylic acids is 1. The van der Waals surface area contributed by atoms with E-state index in [2.05, 4.69) is 12.2 Å². The summed E-state index contributed by atoms with van der Waals surface area (Å²) in [5.41, 5.74) is 0. The first-order valence-corrected chi connectivity index (χ1v) is 7.33. The second kappa shape index (κ2) is 4.78. The van der Waals surface area contributed by atoms with Gasteiger partial charge < -0.3 is 15.3 Å². The molecule has 2 saturated heterocycles. The molecule has 19 heavy (non-hydrogen) atoms. The molecule has 1 saturated carbocycles. The molecule has 2 aliphatic heterocycles. The van der Waals surface area contributed by atoms with E-state index in [0.717, 1.165) is 25.8 Å². The predicted octanol–water partition coefficient (Wildman–Crippen LogP) is 0.554. The fraction of sp³-hybridized carbons (Fsp3) is 0.857. The average Bonchev–Trinajstić information content (AvgIpc) is 3.00. The highest BCUT2D eigenvalue weighted by molar-refractivity contribution is 5.86. The third kappa shape index (κ3) is 2.04. The number of carboxylic acids is 1. The van der Waals surface area contributed by atoms with Gasteiger partial charge in [0.2, 0.25) is 5.91 Å². The van der Waals surface area contributed by atoms with Gasteiger partial charge in [0.15, 0.2) is 0 Å². The van der Waals surface area contributed by atoms with Gasteiger partial charge in [-0.1, -0.05) is 13.3 Å². The minimum Gasteiger partial charge on any atom is -0.480 e. The van der Waals surface area contributed by atoms with Crippen molar-refractivity contribution in [3.8, 4) is 0 Å². The molecule has 1 aliphatic carbocycles. The largest absolute Gasteiger partial charge is 0.480 e. The summed E-state index contributed by atoms with van der Waals surface area (Å²) in [5.74, 6) is 0.101. The van der Waals surface area contributed by atoms with Gasteiger partial charge in [-0.25, -0.2) is 4.79 Å². The van der Waals surface area contributed by atoms with Crippen LogP contribution in [0.3, 0.4) is 0 Å². The van der Waals surface area contributed by atoms with Gasteiger partial charge >= 0.3 is 5.97 Å². The van der Waals surface area contributed by atoms with Gasteiger partial charge in [-0.15, -0.1) is 0 Å². The predicted molar refractivity (Wildman–Crippen MR) is 69.5 cm³/mol. The van der Waals surface area contributed by atoms with E-state index in [1.165, 1.54) is 0 Å². The second-order valence-corrected chi connectivity index (χ2v) is 6.37. The smallest absolute Gasteiger partial charge is 0.326 e. The minimum absolute atomic E-state index is 0.0410. The van der Waals surface area contributed by atoms with E-state index in [0.29, 0.717) is 24.9 Å². The number of fused-ring (bicyclic) bond motifs is 1. The lowest BCUT2D eigenvalue weighted by Gasteiger charge is -2.28. The fourth-order valence-corrected chi connectivity index (χ4v) is 4.20. The average molecular weight is 266 g/mol. The maximum Gasteiger partial charge on any atom is 0.326 e. The van der Waals surface area contributed by atoms with Crippen LogP contribution in [0.4, 0.5) is 0 Å². The standard InChI is InChI=1S/C14H22N2O3/c1-8-5-15-6-11(8)13(17)16-7-9-3-2-4-10(9)12(16)14(18)19/h8-12,15H,2-7H2,1H3,(H,18,19). The van der Waals surface area contributed by atoms with Crippen molar-refractivity contribution >= 4 is 11.9 Å². The highest BCUT2D eigenvalue weighted by Crippen LogP contribution is 2.43. The van der Waals surface area contributed by atoms with Gasteiger partial charge in [-0.05, 0) is 37.1 Å². The van der Waals surface area contributed by atoms with Crippen molar-refractivity contribution in [3.63, 3.8) is 0 Å². The third-order valence-electron chi connectivity index (χ3n) is 5.26. The van der Waals surface area contributed by atoms with E-state index in [1.54, 1.807) is 4.90 Å². The van der Waals surface area contributed by atoms with Crippen LogP contribution in [0.1, 0.15) is 26.2 Å². The van der Waals surface area contributed by atoms with Crippen LogP contribution in [-0.4, -0.2) is 47.6 Å². The molecule has 0 radical (unpaired) electrons. The van der Waals surface area contributed by atoms with Gasteiger partial charge in [0.05, 0.1) is 5.92 Å². The topological polar surface area (TPSA) is 69.6 Å². The van der Waals surface area contributed by atoms with Crippen molar-refractivity contribution in [2.45, 2.75) is 32.2 Å². The number of carbonyl (C=O) groups excluding carboxylic acids is 1. The van der Waals surface area contributed by atoms with Crippen LogP contribution >= 0.6 is 0 Å². The van der Waals surface area contributed by atoms with Gasteiger partial charge in [-0.2, -0.15) is 0 Å². The zero-order chi connectivity index (χ0) is 13.6. The normalized spacial score (nSPS) is 41.5. The Labute approximate surface area is 113 Å². The van der Waals surface area contributed by atoms with Crippen LogP contribution in [-0.2, 0) is 9.59 Å². The molecule has 0 aromatic rings. The molecule has 3 aliphatic rings. The second-order valence-electron chi connectivity index (χ2n) is 6.37. The van der Waals surface area contributed by atoms with Crippen LogP contribution in [0.5, 0.6) is 0 Å². The molecule has 0 aromatic carbocycles. The number of carbonyl (C=O) groups is 2. The molecule has 0 spiro atoms. The van der Waals surface area contributed by atoms with Crippen molar-refractivity contribution in [3.05, 3.63) is 0 Å². The molecule has 3 fully saturated rings. The Hall–Kier alpha value is -1.10. The van der Waals surface area contributed by atoms with Crippen LogP contribution in [0.25, 0.3) is 0 Å². The SMILES string of the molecule is CC1CNCC1C(=O)N1CC2CCCC2C1C(=O)O. The summed E-state index contributed by atoms with van der Waals surface area (Å²) in [5, 5.41) is 12.7. The number of rotatable bonds is 2. The Morgan fingerprint density at radius 1 is 1.26 bits per heavy atom. The Kier molecular flexibility index (Phi) is 3.25. The lowest BCUT2D eigenvalue weighted by Crippen LogP contribution is -2.47. The minimum atomic E-state index is -0.818. The Bertz CT molecular complexity index is 398. The highest BCUT2D eigenvalue weighted by atomic mass is 16.4. The molecule has 2 N–H and O–H groups in total. The summed E-state index contributed by atoms with van der Waals surface area (Å²) in [7, 11) is 0. The van der Waals surface area contributed by atoms with E-state index >= 15 is 0 Å². The molecule has 5 atom stereocenters. The number of hydrogen-bond donors (Lipinski definition) is 2. The monoisotopic (exact) mass is 266 g/mol. The molecule has 3 rings (SSSR count). The first-order chi connectivity index (χ1) is 9.09. The van der Waals surface area contributed by atoms with Crippen LogP contribution in [0.15, 0.2) is 0 Å². The van der Waals surface area contributed by atoms with Gasteiger partial charge in [0, 0.05) is 13.1 Å². The van der Waals surface area contributed by atoms with E-state index in [1.807, 2.05) is 0 Å². The van der Waals surface area contributed by atoms with E-state index in [9.17, 15) is 14.7 Å². The summed E-state index contributed by atoms with van der Waals surface area (Å²) in [6, 6.07) is -0.576. The lowest BCUT2D eigenvalue weighted by molar-refractivity contribution is -0.151. The molecule has 0 aromatic heterocycles. The Balaban J connectivity index is 1.79. The maximum atomic E-state index is 12.6. The molecule has 5 heteroatoms. The zero-order valence-corrected chi connectivity index (χ0v) is 11.3. The van der Waals surface area contributed by atoms with E-state index < -0.39 is 12.0 Å². The third-order valence-corrected chi connectivity index (χ3v) is 5.26. The summed E-state index contributed by atoms with van der Waals surface area (Å²) >= 11 is 0. The molecule has 2 heterocycles. The first kappa shape index (κ1) is 12.9. The lowest BCUT2D eigenvalue weighted by atomic mass is 9.93. The maximum absolute atomic E-state index is 12.6. The van der Waals surface area contributed by atoms with Gasteiger partial charge in [0.25, 0.3) is 0 Å². The first-order valence-electron chi connectivity index (χ1n) is 7.33. The van der Waals surface area contributed by atoms with Crippen molar-refractivity contribution in [2.75, 3.05) is 19.6 Å². The molecule has 106 valence electrons. The van der Waals surface area contributed by atoms with Crippen LogP contribution in [0, 0.1) is 23.7 Å². The summed E-state index contributed by atoms with van der Waals surface area (Å²) in [6.07, 6.45) is 3.16. The van der Waals surface area contributed by atoms with Crippen molar-refractivity contribution in [1.82, 2.24) is 10.2 Å². The number of amides is 1. The molecular formula is C14H22N2O3. The van der Waals surface area contributed by atoms with Crippen molar-refractivity contribution in [2.24, 2.45) is 23.7 Å². The van der Waals surface area contributed by atoms with Crippen molar-refractivity contribution in [1.29, 1.82) is 0 Å². The van der Waals surface area contributed by atoms with Gasteiger partial charge in [0.1, 0.15) is 6.04 Å². The number of likely N-dealkylation sites (tertiary alicyclic amines) is 1. The number of nitrogens with zero attached hydrogens (tertiary/aromatic N) is 1. The summed E-state index contributed by atoms with van der Waals surface area (Å²) in [4.78, 5) is 25.8. The van der Waals surface area contributed by atoms with Crippen LogP contribution < -0.4 is 5.32 Å². The van der Waals surface area contributed by atoms with E-state index in [-0.39, 0.29) is 17.7 Å². The molecule has 1 amide bonds. The Morgan fingerprint density at radius 3 is 2.68 bits per heavy atom. The number of carboxylic acid groups (broad SMARTS) is 1. The molecular weight excluding hydrogens is 244 g/mol. The van der Waals surface area contributed by atoms with Crippen molar-refractivity contribution < 1.29 is 14.7 Å². The molecule has 0 bridgehead atoms. The van der Waals surface area contributed by atoms with Gasteiger partial charge in [-0.3, -0.25) is 4.79 Å². The molecule has 5 unspecified atom stereocenters. The number of nitrogens with one attached hydrogen (secondary N) is 1. The number of hydrogen-bond acceptors (Lipinski definition) is 3. The molecule has 5 nitrogen and oxygen atoms in total.